The summed E-state index contributed by atoms with van der Waals surface area (Å²) in [5.41, 5.74) is 0.885. The van der Waals surface area contributed by atoms with Gasteiger partial charge in [-0.2, -0.15) is 0 Å². The highest BCUT2D eigenvalue weighted by Crippen LogP contribution is 2.10. The monoisotopic (exact) mass is 126 g/mol. The van der Waals surface area contributed by atoms with Crippen LogP contribution in [0.3, 0.4) is 0 Å². The Morgan fingerprint density at radius 1 is 1.67 bits per heavy atom. The van der Waals surface area contributed by atoms with Gasteiger partial charge in [-0.05, 0) is 26.8 Å². The molecule has 0 aliphatic carbocycles. The van der Waals surface area contributed by atoms with Gasteiger partial charge in [-0.25, -0.2) is 0 Å². The molecule has 1 aliphatic heterocycles. The maximum absolute atomic E-state index is 7.37. The number of hydrogen-bond acceptors (Lipinski definition) is 2. The van der Waals surface area contributed by atoms with Crippen molar-refractivity contribution < 1.29 is 0 Å². The van der Waals surface area contributed by atoms with E-state index in [1.54, 1.807) is 0 Å². The van der Waals surface area contributed by atoms with Crippen molar-refractivity contribution in [2.24, 2.45) is 0 Å². The Hall–Kier alpha value is -0.370. The van der Waals surface area contributed by atoms with E-state index < -0.39 is 0 Å². The summed E-state index contributed by atoms with van der Waals surface area (Å²) in [6.07, 6.45) is 2.17. The smallest absolute Gasteiger partial charge is 0.0360 e. The van der Waals surface area contributed by atoms with Crippen molar-refractivity contribution in [3.8, 4) is 0 Å². The fraction of sp³-hybridized carbons (Fsp3) is 0.857. The lowest BCUT2D eigenvalue weighted by Crippen LogP contribution is -2.38. The molecule has 1 saturated heterocycles. The third kappa shape index (κ3) is 1.52. The molecule has 1 aliphatic rings. The minimum Gasteiger partial charge on any atom is -0.308 e. The first kappa shape index (κ1) is 6.75. The third-order valence-corrected chi connectivity index (χ3v) is 2.06. The second kappa shape index (κ2) is 2.48. The topological polar surface area (TPSA) is 27.1 Å². The number of nitrogens with zero attached hydrogens (tertiary/aromatic N) is 1. The van der Waals surface area contributed by atoms with Crippen molar-refractivity contribution in [3.05, 3.63) is 0 Å². The van der Waals surface area contributed by atoms with Gasteiger partial charge in [0.05, 0.1) is 0 Å². The summed E-state index contributed by atoms with van der Waals surface area (Å²) >= 11 is 0. The minimum absolute atomic E-state index is 0.680. The van der Waals surface area contributed by atoms with E-state index in [0.717, 1.165) is 25.1 Å². The van der Waals surface area contributed by atoms with Crippen LogP contribution in [-0.4, -0.2) is 30.2 Å². The molecule has 1 atom stereocenters. The number of rotatable bonds is 0. The van der Waals surface area contributed by atoms with Gasteiger partial charge in [0.15, 0.2) is 0 Å². The van der Waals surface area contributed by atoms with E-state index in [2.05, 4.69) is 18.9 Å². The molecule has 0 amide bonds. The standard InChI is InChI=1S/C7H14N2/c1-6-3-4-7(8)5-9(6)2/h6,8H,3-5H2,1-2H3. The van der Waals surface area contributed by atoms with E-state index in [0.29, 0.717) is 6.04 Å². The van der Waals surface area contributed by atoms with E-state index >= 15 is 0 Å². The Balaban J connectivity index is 2.44. The van der Waals surface area contributed by atoms with E-state index in [1.165, 1.54) is 0 Å². The fourth-order valence-electron chi connectivity index (χ4n) is 1.14. The van der Waals surface area contributed by atoms with Gasteiger partial charge in [0, 0.05) is 18.3 Å². The van der Waals surface area contributed by atoms with Crippen molar-refractivity contribution >= 4 is 5.71 Å². The lowest BCUT2D eigenvalue weighted by molar-refractivity contribution is 0.261. The number of nitrogens with one attached hydrogen (secondary N) is 1. The average molecular weight is 126 g/mol. The van der Waals surface area contributed by atoms with Crippen LogP contribution in [-0.2, 0) is 0 Å². The molecular weight excluding hydrogens is 112 g/mol. The molecule has 0 bridgehead atoms. The van der Waals surface area contributed by atoms with Crippen molar-refractivity contribution in [1.29, 1.82) is 5.41 Å². The highest BCUT2D eigenvalue weighted by atomic mass is 15.1. The quantitative estimate of drug-likeness (QED) is 0.517. The first-order valence-electron chi connectivity index (χ1n) is 3.46. The molecule has 0 spiro atoms. The maximum atomic E-state index is 7.37. The molecular formula is C7H14N2. The first-order valence-corrected chi connectivity index (χ1v) is 3.46. The SMILES string of the molecule is CC1CCC(=N)CN1C. The molecule has 2 heteroatoms. The normalized spacial score (nSPS) is 30.9. The van der Waals surface area contributed by atoms with Crippen LogP contribution in [0.4, 0.5) is 0 Å². The van der Waals surface area contributed by atoms with Crippen LogP contribution in [0.25, 0.3) is 0 Å². The van der Waals surface area contributed by atoms with Crippen LogP contribution < -0.4 is 0 Å². The summed E-state index contributed by atoms with van der Waals surface area (Å²) in [5.74, 6) is 0. The molecule has 0 aromatic rings. The van der Waals surface area contributed by atoms with Crippen molar-refractivity contribution in [3.63, 3.8) is 0 Å². The van der Waals surface area contributed by atoms with Gasteiger partial charge in [-0.1, -0.05) is 0 Å². The second-order valence-electron chi connectivity index (χ2n) is 2.91. The number of piperidine rings is 1. The van der Waals surface area contributed by atoms with Gasteiger partial charge in [0.25, 0.3) is 0 Å². The van der Waals surface area contributed by atoms with E-state index in [9.17, 15) is 0 Å². The summed E-state index contributed by atoms with van der Waals surface area (Å²) in [7, 11) is 2.08. The minimum atomic E-state index is 0.680. The molecule has 1 rings (SSSR count). The second-order valence-corrected chi connectivity index (χ2v) is 2.91. The molecule has 0 aromatic heterocycles. The Labute approximate surface area is 56.4 Å². The fourth-order valence-corrected chi connectivity index (χ4v) is 1.14. The average Bonchev–Trinajstić information content (AvgIpc) is 1.80. The molecule has 0 aromatic carbocycles. The molecule has 0 radical (unpaired) electrons. The van der Waals surface area contributed by atoms with Gasteiger partial charge in [0.1, 0.15) is 0 Å². The van der Waals surface area contributed by atoms with Crippen LogP contribution >= 0.6 is 0 Å². The van der Waals surface area contributed by atoms with Crippen LogP contribution in [0.5, 0.6) is 0 Å². The molecule has 1 heterocycles. The molecule has 9 heavy (non-hydrogen) atoms. The Morgan fingerprint density at radius 3 is 2.78 bits per heavy atom. The van der Waals surface area contributed by atoms with Gasteiger partial charge in [0.2, 0.25) is 0 Å². The molecule has 0 saturated carbocycles. The predicted octanol–water partition coefficient (Wildman–Crippen LogP) is 1.12. The Morgan fingerprint density at radius 2 is 2.33 bits per heavy atom. The zero-order valence-corrected chi connectivity index (χ0v) is 6.15. The molecule has 52 valence electrons. The van der Waals surface area contributed by atoms with Crippen molar-refractivity contribution in [1.82, 2.24) is 4.90 Å². The van der Waals surface area contributed by atoms with Crippen LogP contribution in [0, 0.1) is 5.41 Å². The van der Waals surface area contributed by atoms with Crippen molar-refractivity contribution in [2.75, 3.05) is 13.6 Å². The summed E-state index contributed by atoms with van der Waals surface area (Å²) in [5, 5.41) is 7.37. The number of likely N-dealkylation sites (tertiary alicyclic amines) is 1. The summed E-state index contributed by atoms with van der Waals surface area (Å²) in [4.78, 5) is 2.23. The highest BCUT2D eigenvalue weighted by molar-refractivity contribution is 5.83. The van der Waals surface area contributed by atoms with Gasteiger partial charge < -0.3 is 5.41 Å². The highest BCUT2D eigenvalue weighted by Gasteiger charge is 2.16. The molecule has 2 nitrogen and oxygen atoms in total. The molecule has 1 N–H and O–H groups in total. The number of hydrogen-bond donors (Lipinski definition) is 1. The van der Waals surface area contributed by atoms with E-state index in [4.69, 9.17) is 5.41 Å². The maximum Gasteiger partial charge on any atom is 0.0360 e. The van der Waals surface area contributed by atoms with Crippen LogP contribution in [0.1, 0.15) is 19.8 Å². The lowest BCUT2D eigenvalue weighted by Gasteiger charge is -2.29. The summed E-state index contributed by atoms with van der Waals surface area (Å²) < 4.78 is 0. The van der Waals surface area contributed by atoms with E-state index in [-0.39, 0.29) is 0 Å². The van der Waals surface area contributed by atoms with Crippen LogP contribution in [0.2, 0.25) is 0 Å². The third-order valence-electron chi connectivity index (χ3n) is 2.06. The Kier molecular flexibility index (Phi) is 1.86. The lowest BCUT2D eigenvalue weighted by atomic mass is 10.0. The molecule has 1 fully saturated rings. The zero-order chi connectivity index (χ0) is 6.85. The van der Waals surface area contributed by atoms with Gasteiger partial charge >= 0.3 is 0 Å². The predicted molar refractivity (Wildman–Crippen MR) is 39.1 cm³/mol. The largest absolute Gasteiger partial charge is 0.308 e. The Bertz CT molecular complexity index is 120. The van der Waals surface area contributed by atoms with Gasteiger partial charge in [-0.3, -0.25) is 4.90 Å². The zero-order valence-electron chi connectivity index (χ0n) is 6.15. The summed E-state index contributed by atoms with van der Waals surface area (Å²) in [6.45, 7) is 3.09. The van der Waals surface area contributed by atoms with Crippen molar-refractivity contribution in [2.45, 2.75) is 25.8 Å². The van der Waals surface area contributed by atoms with E-state index in [1.807, 2.05) is 0 Å². The van der Waals surface area contributed by atoms with Gasteiger partial charge in [-0.15, -0.1) is 0 Å². The van der Waals surface area contributed by atoms with Crippen LogP contribution in [0.15, 0.2) is 0 Å². The molecule has 1 unspecified atom stereocenters. The first-order chi connectivity index (χ1) is 4.20. The summed E-state index contributed by atoms with van der Waals surface area (Å²) in [6, 6.07) is 0.680.